The molecular formula is C12H24N6. The van der Waals surface area contributed by atoms with Gasteiger partial charge in [-0.15, -0.1) is 0 Å². The Balaban J connectivity index is 2.12. The minimum absolute atomic E-state index is 0.0413. The summed E-state index contributed by atoms with van der Waals surface area (Å²) >= 11 is 0. The van der Waals surface area contributed by atoms with Crippen molar-refractivity contribution in [3.63, 3.8) is 0 Å². The molecule has 18 heavy (non-hydrogen) atoms. The minimum Gasteiger partial charge on any atom is -0.370 e. The zero-order valence-electron chi connectivity index (χ0n) is 11.1. The molecule has 6 heteroatoms. The highest BCUT2D eigenvalue weighted by Crippen LogP contribution is 1.93. The van der Waals surface area contributed by atoms with Crippen LogP contribution >= 0.6 is 0 Å². The number of hydrogen-bond donors (Lipinski definition) is 5. The summed E-state index contributed by atoms with van der Waals surface area (Å²) in [4.78, 5) is 7.32. The van der Waals surface area contributed by atoms with Crippen LogP contribution in [0.3, 0.4) is 0 Å². The zero-order valence-corrected chi connectivity index (χ0v) is 11.1. The van der Waals surface area contributed by atoms with Crippen molar-refractivity contribution in [2.24, 2.45) is 16.5 Å². The fourth-order valence-corrected chi connectivity index (χ4v) is 1.38. The maximum atomic E-state index is 5.73. The van der Waals surface area contributed by atoms with Crippen LogP contribution in [0.15, 0.2) is 23.3 Å². The molecule has 0 saturated heterocycles. The van der Waals surface area contributed by atoms with E-state index in [2.05, 4.69) is 26.7 Å². The molecule has 0 aliphatic carbocycles. The lowest BCUT2D eigenvalue weighted by Crippen LogP contribution is -2.47. The van der Waals surface area contributed by atoms with E-state index < -0.39 is 0 Å². The number of aromatic nitrogens is 1. The van der Waals surface area contributed by atoms with E-state index in [0.717, 1.165) is 13.0 Å². The summed E-state index contributed by atoms with van der Waals surface area (Å²) in [5, 5.41) is 6.24. The maximum Gasteiger partial charge on any atom is 0.190 e. The molecule has 1 rings (SSSR count). The molecule has 2 unspecified atom stereocenters. The maximum absolute atomic E-state index is 5.73. The summed E-state index contributed by atoms with van der Waals surface area (Å²) in [7, 11) is 0. The first-order valence-corrected chi connectivity index (χ1v) is 6.24. The van der Waals surface area contributed by atoms with Crippen LogP contribution in [0.25, 0.3) is 0 Å². The van der Waals surface area contributed by atoms with E-state index in [1.54, 1.807) is 0 Å². The van der Waals surface area contributed by atoms with Crippen molar-refractivity contribution in [2.45, 2.75) is 32.4 Å². The summed E-state index contributed by atoms with van der Waals surface area (Å²) in [6, 6.07) is 4.21. The molecule has 6 nitrogen and oxygen atoms in total. The van der Waals surface area contributed by atoms with Gasteiger partial charge in [0.05, 0.1) is 6.67 Å². The lowest BCUT2D eigenvalue weighted by atomic mass is 10.2. The average Bonchev–Trinajstić information content (AvgIpc) is 2.81. The lowest BCUT2D eigenvalue weighted by Gasteiger charge is -2.17. The van der Waals surface area contributed by atoms with Gasteiger partial charge in [0, 0.05) is 30.5 Å². The van der Waals surface area contributed by atoms with Crippen LogP contribution in [0.5, 0.6) is 0 Å². The second-order valence-corrected chi connectivity index (χ2v) is 4.44. The van der Waals surface area contributed by atoms with E-state index in [9.17, 15) is 0 Å². The normalized spacial score (nSPS) is 15.4. The molecule has 102 valence electrons. The van der Waals surface area contributed by atoms with Crippen LogP contribution in [0.4, 0.5) is 0 Å². The van der Waals surface area contributed by atoms with Gasteiger partial charge in [0.1, 0.15) is 0 Å². The van der Waals surface area contributed by atoms with E-state index in [1.165, 1.54) is 5.69 Å². The Bertz CT molecular complexity index is 343. The molecular weight excluding hydrogens is 228 g/mol. The second-order valence-electron chi connectivity index (χ2n) is 4.44. The van der Waals surface area contributed by atoms with E-state index in [4.69, 9.17) is 11.5 Å². The molecule has 1 heterocycles. The molecule has 2 atom stereocenters. The van der Waals surface area contributed by atoms with Crippen LogP contribution in [0.1, 0.15) is 19.5 Å². The topological polar surface area (TPSA) is 104 Å². The Labute approximate surface area is 108 Å². The van der Waals surface area contributed by atoms with Crippen molar-refractivity contribution in [3.8, 4) is 0 Å². The van der Waals surface area contributed by atoms with E-state index >= 15 is 0 Å². The average molecular weight is 252 g/mol. The predicted molar refractivity (Wildman–Crippen MR) is 75.2 cm³/mol. The first-order valence-electron chi connectivity index (χ1n) is 6.24. The molecule has 0 aliphatic heterocycles. The fourth-order valence-electron chi connectivity index (χ4n) is 1.38. The number of nitrogens with two attached hydrogens (primary N) is 2. The third kappa shape index (κ3) is 5.70. The van der Waals surface area contributed by atoms with Gasteiger partial charge in [0.15, 0.2) is 5.96 Å². The van der Waals surface area contributed by atoms with Crippen LogP contribution < -0.4 is 22.1 Å². The molecule has 0 fully saturated rings. The van der Waals surface area contributed by atoms with E-state index in [-0.39, 0.29) is 12.1 Å². The van der Waals surface area contributed by atoms with Gasteiger partial charge < -0.3 is 21.8 Å². The van der Waals surface area contributed by atoms with Crippen molar-refractivity contribution in [3.05, 3.63) is 24.0 Å². The minimum atomic E-state index is 0.0413. The summed E-state index contributed by atoms with van der Waals surface area (Å²) < 4.78 is 0. The van der Waals surface area contributed by atoms with E-state index in [0.29, 0.717) is 12.6 Å². The molecule has 0 aliphatic rings. The lowest BCUT2D eigenvalue weighted by molar-refractivity contribution is 0.549. The molecule has 7 N–H and O–H groups in total. The van der Waals surface area contributed by atoms with Crippen molar-refractivity contribution in [1.29, 1.82) is 0 Å². The quantitative estimate of drug-likeness (QED) is 0.262. The van der Waals surface area contributed by atoms with Gasteiger partial charge in [-0.25, -0.2) is 4.99 Å². The number of aromatic amines is 1. The highest BCUT2D eigenvalue weighted by Gasteiger charge is 2.06. The molecule has 0 aromatic carbocycles. The molecule has 0 radical (unpaired) electrons. The highest BCUT2D eigenvalue weighted by molar-refractivity contribution is 5.78. The predicted octanol–water partition coefficient (Wildman–Crippen LogP) is -0.256. The van der Waals surface area contributed by atoms with Gasteiger partial charge in [-0.05, 0) is 32.4 Å². The molecule has 0 spiro atoms. The number of rotatable bonds is 7. The summed E-state index contributed by atoms with van der Waals surface area (Å²) in [5.74, 6) is 0.423. The number of nitrogens with one attached hydrogen (secondary N) is 3. The van der Waals surface area contributed by atoms with Crippen molar-refractivity contribution in [1.82, 2.24) is 15.6 Å². The standard InChI is InChI=1S/C12H24N6/c1-9(13)10(2)18-12(14)17-8-15-7-5-11-4-3-6-16-11/h3-4,6,9-10,15-16H,5,7-8,13H2,1-2H3,(H3,14,17,18). The number of aliphatic imine (C=N–C) groups is 1. The summed E-state index contributed by atoms with van der Waals surface area (Å²) in [5.41, 5.74) is 12.7. The number of H-pyrrole nitrogens is 1. The van der Waals surface area contributed by atoms with Crippen LogP contribution in [0.2, 0.25) is 0 Å². The van der Waals surface area contributed by atoms with Crippen LogP contribution in [0, 0.1) is 0 Å². The smallest absolute Gasteiger partial charge is 0.190 e. The first kappa shape index (κ1) is 14.5. The highest BCUT2D eigenvalue weighted by atomic mass is 15.2. The Morgan fingerprint density at radius 1 is 1.50 bits per heavy atom. The third-order valence-electron chi connectivity index (χ3n) is 2.76. The van der Waals surface area contributed by atoms with Gasteiger partial charge >= 0.3 is 0 Å². The first-order chi connectivity index (χ1) is 8.59. The molecule has 0 amide bonds. The third-order valence-corrected chi connectivity index (χ3v) is 2.76. The second kappa shape index (κ2) is 7.73. The Morgan fingerprint density at radius 3 is 2.89 bits per heavy atom. The van der Waals surface area contributed by atoms with Crippen molar-refractivity contribution >= 4 is 5.96 Å². The SMILES string of the molecule is CC(N)C(C)NC(N)=NCNCCc1ccc[nH]1. The molecule has 0 bridgehead atoms. The molecule has 0 saturated carbocycles. The van der Waals surface area contributed by atoms with Gasteiger partial charge in [0.2, 0.25) is 0 Å². The van der Waals surface area contributed by atoms with Crippen LogP contribution in [-0.4, -0.2) is 36.2 Å². The van der Waals surface area contributed by atoms with Gasteiger partial charge in [-0.2, -0.15) is 0 Å². The van der Waals surface area contributed by atoms with Gasteiger partial charge in [-0.1, -0.05) is 0 Å². The molecule has 1 aromatic heterocycles. The van der Waals surface area contributed by atoms with E-state index in [1.807, 2.05) is 26.1 Å². The van der Waals surface area contributed by atoms with Gasteiger partial charge in [-0.3, -0.25) is 5.32 Å². The largest absolute Gasteiger partial charge is 0.370 e. The van der Waals surface area contributed by atoms with Crippen LogP contribution in [-0.2, 0) is 6.42 Å². The number of hydrogen-bond acceptors (Lipinski definition) is 3. The summed E-state index contributed by atoms with van der Waals surface area (Å²) in [6.45, 7) is 5.27. The summed E-state index contributed by atoms with van der Waals surface area (Å²) in [6.07, 6.45) is 2.87. The fraction of sp³-hybridized carbons (Fsp3) is 0.583. The number of nitrogens with zero attached hydrogens (tertiary/aromatic N) is 1. The number of guanidine groups is 1. The van der Waals surface area contributed by atoms with Crippen molar-refractivity contribution < 1.29 is 0 Å². The molecule has 1 aromatic rings. The van der Waals surface area contributed by atoms with Gasteiger partial charge in [0.25, 0.3) is 0 Å². The monoisotopic (exact) mass is 252 g/mol. The Morgan fingerprint density at radius 2 is 2.28 bits per heavy atom. The Kier molecular flexibility index (Phi) is 6.24. The van der Waals surface area contributed by atoms with Crippen molar-refractivity contribution in [2.75, 3.05) is 13.2 Å². The zero-order chi connectivity index (χ0) is 13.4. The Hall–Kier alpha value is -1.53.